The third kappa shape index (κ3) is 3.30. The minimum absolute atomic E-state index is 0.0705. The molecule has 16 heavy (non-hydrogen) atoms. The monoisotopic (exact) mass is 346 g/mol. The summed E-state index contributed by atoms with van der Waals surface area (Å²) in [4.78, 5) is 14.5. The smallest absolute Gasteiger partial charge is 0.405 e. The van der Waals surface area contributed by atoms with Crippen molar-refractivity contribution in [1.82, 2.24) is 4.98 Å². The molecule has 0 saturated heterocycles. The van der Waals surface area contributed by atoms with Gasteiger partial charge >= 0.3 is 6.36 Å². The van der Waals surface area contributed by atoms with E-state index in [1.165, 1.54) is 0 Å². The number of ether oxygens (including phenoxy) is 1. The van der Waals surface area contributed by atoms with Gasteiger partial charge in [-0.1, -0.05) is 0 Å². The van der Waals surface area contributed by atoms with Crippen LogP contribution in [0.15, 0.2) is 6.07 Å². The summed E-state index contributed by atoms with van der Waals surface area (Å²) >= 11 is 1.71. The summed E-state index contributed by atoms with van der Waals surface area (Å²) in [6, 6.07) is 1.02. The molecule has 0 fully saturated rings. The molecule has 0 unspecified atom stereocenters. The van der Waals surface area contributed by atoms with Crippen molar-refractivity contribution in [3.8, 4) is 5.75 Å². The van der Waals surface area contributed by atoms with Gasteiger partial charge in [-0.05, 0) is 22.6 Å². The van der Waals surface area contributed by atoms with Gasteiger partial charge in [0, 0.05) is 12.6 Å². The van der Waals surface area contributed by atoms with Crippen molar-refractivity contribution in [1.29, 1.82) is 0 Å². The van der Waals surface area contributed by atoms with Crippen LogP contribution in [0.3, 0.4) is 0 Å². The molecule has 4 nitrogen and oxygen atoms in total. The molecule has 0 bridgehead atoms. The van der Waals surface area contributed by atoms with Gasteiger partial charge in [-0.3, -0.25) is 4.79 Å². The van der Waals surface area contributed by atoms with E-state index < -0.39 is 12.1 Å². The van der Waals surface area contributed by atoms with Crippen molar-refractivity contribution in [2.45, 2.75) is 12.9 Å². The van der Waals surface area contributed by atoms with Gasteiger partial charge in [0.2, 0.25) is 0 Å². The third-order valence-corrected chi connectivity index (χ3v) is 2.16. The van der Waals surface area contributed by atoms with Gasteiger partial charge in [0.05, 0.1) is 11.3 Å². The number of hydrogen-bond donors (Lipinski definition) is 1. The number of aromatic nitrogens is 1. The highest BCUT2D eigenvalue weighted by molar-refractivity contribution is 14.1. The van der Waals surface area contributed by atoms with Gasteiger partial charge in [0.1, 0.15) is 9.45 Å². The maximum atomic E-state index is 12.0. The normalized spacial score (nSPS) is 11.3. The summed E-state index contributed by atoms with van der Waals surface area (Å²) in [7, 11) is 0. The highest BCUT2D eigenvalue weighted by Gasteiger charge is 2.32. The lowest BCUT2D eigenvalue weighted by Gasteiger charge is -2.12. The molecule has 0 saturated carbocycles. The summed E-state index contributed by atoms with van der Waals surface area (Å²) in [5, 5.41) is 0. The standard InChI is InChI=1S/C8H6F3IN2O2/c9-8(10,11)16-6-1-7(12)14-5(2-13)4(6)3-15/h1,3H,2,13H2. The largest absolute Gasteiger partial charge is 0.573 e. The molecular formula is C8H6F3IN2O2. The quantitative estimate of drug-likeness (QED) is 0.516. The number of alkyl halides is 3. The van der Waals surface area contributed by atoms with E-state index in [0.717, 1.165) is 6.07 Å². The average molecular weight is 346 g/mol. The van der Waals surface area contributed by atoms with Crippen LogP contribution in [0.5, 0.6) is 5.75 Å². The molecule has 0 aliphatic rings. The molecule has 0 aliphatic carbocycles. The predicted octanol–water partition coefficient (Wildman–Crippen LogP) is 1.86. The van der Waals surface area contributed by atoms with Crippen molar-refractivity contribution in [3.63, 3.8) is 0 Å². The molecule has 8 heteroatoms. The third-order valence-electron chi connectivity index (χ3n) is 1.61. The zero-order valence-electron chi connectivity index (χ0n) is 7.71. The minimum atomic E-state index is -4.85. The van der Waals surface area contributed by atoms with E-state index in [1.54, 1.807) is 22.6 Å². The lowest BCUT2D eigenvalue weighted by atomic mass is 10.2. The molecule has 0 radical (unpaired) electrons. The van der Waals surface area contributed by atoms with Gasteiger partial charge in [0.15, 0.2) is 6.29 Å². The zero-order chi connectivity index (χ0) is 12.3. The first-order chi connectivity index (χ1) is 7.37. The number of rotatable bonds is 3. The molecule has 0 aromatic carbocycles. The van der Waals surface area contributed by atoms with Gasteiger partial charge in [-0.2, -0.15) is 0 Å². The van der Waals surface area contributed by atoms with Crippen LogP contribution in [-0.4, -0.2) is 17.6 Å². The van der Waals surface area contributed by atoms with Gasteiger partial charge < -0.3 is 10.5 Å². The molecule has 1 aromatic rings. The maximum Gasteiger partial charge on any atom is 0.573 e. The van der Waals surface area contributed by atoms with E-state index in [-0.39, 0.29) is 27.8 Å². The number of nitrogens with zero attached hydrogens (tertiary/aromatic N) is 1. The first-order valence-electron chi connectivity index (χ1n) is 3.97. The van der Waals surface area contributed by atoms with Crippen LogP contribution in [0, 0.1) is 3.70 Å². The molecule has 0 atom stereocenters. The average Bonchev–Trinajstić information content (AvgIpc) is 2.14. The van der Waals surface area contributed by atoms with E-state index in [0.29, 0.717) is 0 Å². The Balaban J connectivity index is 3.25. The second-order valence-corrected chi connectivity index (χ2v) is 3.78. The van der Waals surface area contributed by atoms with E-state index >= 15 is 0 Å². The number of nitrogens with two attached hydrogens (primary N) is 1. The maximum absolute atomic E-state index is 12.0. The second kappa shape index (κ2) is 4.95. The van der Waals surface area contributed by atoms with Crippen LogP contribution in [-0.2, 0) is 6.54 Å². The number of pyridine rings is 1. The van der Waals surface area contributed by atoms with Gasteiger partial charge in [-0.25, -0.2) is 4.98 Å². The van der Waals surface area contributed by atoms with Crippen molar-refractivity contribution in [2.75, 3.05) is 0 Å². The van der Waals surface area contributed by atoms with E-state index in [1.807, 2.05) is 0 Å². The molecule has 0 spiro atoms. The molecule has 0 aliphatic heterocycles. The summed E-state index contributed by atoms with van der Waals surface area (Å²) in [5.41, 5.74) is 5.06. The lowest BCUT2D eigenvalue weighted by molar-refractivity contribution is -0.274. The van der Waals surface area contributed by atoms with Crippen LogP contribution in [0.1, 0.15) is 16.1 Å². The van der Waals surface area contributed by atoms with E-state index in [9.17, 15) is 18.0 Å². The summed E-state index contributed by atoms with van der Waals surface area (Å²) in [5.74, 6) is -0.581. The molecule has 1 aromatic heterocycles. The Morgan fingerprint density at radius 1 is 1.56 bits per heavy atom. The SMILES string of the molecule is NCc1nc(I)cc(OC(F)(F)F)c1C=O. The number of carbonyl (C=O) groups excluding carboxylic acids is 1. The molecule has 1 rings (SSSR count). The fraction of sp³-hybridized carbons (Fsp3) is 0.250. The zero-order valence-corrected chi connectivity index (χ0v) is 9.87. The topological polar surface area (TPSA) is 65.2 Å². The highest BCUT2D eigenvalue weighted by atomic mass is 127. The Kier molecular flexibility index (Phi) is 4.08. The Bertz CT molecular complexity index is 409. The van der Waals surface area contributed by atoms with Crippen LogP contribution >= 0.6 is 22.6 Å². The van der Waals surface area contributed by atoms with Gasteiger partial charge in [-0.15, -0.1) is 13.2 Å². The summed E-state index contributed by atoms with van der Waals surface area (Å²) in [6.07, 6.45) is -4.61. The Morgan fingerprint density at radius 3 is 2.62 bits per heavy atom. The Labute approximate surface area is 102 Å². The van der Waals surface area contributed by atoms with E-state index in [4.69, 9.17) is 5.73 Å². The Morgan fingerprint density at radius 2 is 2.19 bits per heavy atom. The molecule has 1 heterocycles. The lowest BCUT2D eigenvalue weighted by Crippen LogP contribution is -2.19. The summed E-state index contributed by atoms with van der Waals surface area (Å²) < 4.78 is 40.1. The van der Waals surface area contributed by atoms with Crippen molar-refractivity contribution < 1.29 is 22.7 Å². The first-order valence-corrected chi connectivity index (χ1v) is 5.05. The number of aldehydes is 1. The van der Waals surface area contributed by atoms with Crippen molar-refractivity contribution >= 4 is 28.9 Å². The fourth-order valence-corrected chi connectivity index (χ4v) is 1.61. The number of halogens is 4. The van der Waals surface area contributed by atoms with Crippen molar-refractivity contribution in [3.05, 3.63) is 21.0 Å². The van der Waals surface area contributed by atoms with E-state index in [2.05, 4.69) is 9.72 Å². The van der Waals surface area contributed by atoms with Crippen LogP contribution in [0.2, 0.25) is 0 Å². The second-order valence-electron chi connectivity index (χ2n) is 2.67. The molecular weight excluding hydrogens is 340 g/mol. The highest BCUT2D eigenvalue weighted by Crippen LogP contribution is 2.28. The molecule has 0 amide bonds. The number of hydrogen-bond acceptors (Lipinski definition) is 4. The van der Waals surface area contributed by atoms with Crippen LogP contribution in [0.25, 0.3) is 0 Å². The van der Waals surface area contributed by atoms with Gasteiger partial charge in [0.25, 0.3) is 0 Å². The summed E-state index contributed by atoms with van der Waals surface area (Å²) in [6.45, 7) is -0.140. The molecule has 2 N–H and O–H groups in total. The minimum Gasteiger partial charge on any atom is -0.405 e. The van der Waals surface area contributed by atoms with Crippen LogP contribution in [0.4, 0.5) is 13.2 Å². The predicted molar refractivity (Wildman–Crippen MR) is 56.9 cm³/mol. The fourth-order valence-electron chi connectivity index (χ4n) is 1.04. The van der Waals surface area contributed by atoms with Crippen LogP contribution < -0.4 is 10.5 Å². The number of carbonyl (C=O) groups is 1. The molecule has 88 valence electrons. The Hall–Kier alpha value is -0.900. The van der Waals surface area contributed by atoms with Crippen molar-refractivity contribution in [2.24, 2.45) is 5.73 Å². The first kappa shape index (κ1) is 13.2.